The second-order valence-corrected chi connectivity index (χ2v) is 7.69. The molecule has 2 aromatic heterocycles. The molecule has 2 aliphatic carbocycles. The van der Waals surface area contributed by atoms with Crippen LogP contribution >= 0.6 is 0 Å². The summed E-state index contributed by atoms with van der Waals surface area (Å²) in [6.07, 6.45) is 7.50. The summed E-state index contributed by atoms with van der Waals surface area (Å²) in [6, 6.07) is 1.94. The van der Waals surface area contributed by atoms with Crippen LogP contribution in [0.15, 0.2) is 16.7 Å². The van der Waals surface area contributed by atoms with Crippen LogP contribution in [0.25, 0.3) is 0 Å². The van der Waals surface area contributed by atoms with Gasteiger partial charge < -0.3 is 14.3 Å². The summed E-state index contributed by atoms with van der Waals surface area (Å²) in [4.78, 5) is 17.9. The first kappa shape index (κ1) is 14.3. The fourth-order valence-electron chi connectivity index (χ4n) is 4.56. The standard InChI is InChI=1S/C18H22N4O2/c1-11-6-8-19-14(11)16(23)22-9-13-3-2-7-18(13,10-22)17-21-20-15(24-17)12-4-5-12/h6,8,12-13,19H,2-5,7,9-10H2,1H3/t13-,18-/m0/s1. The molecule has 0 bridgehead atoms. The molecular formula is C18H22N4O2. The summed E-state index contributed by atoms with van der Waals surface area (Å²) in [6.45, 7) is 3.45. The van der Waals surface area contributed by atoms with Crippen molar-refractivity contribution in [2.24, 2.45) is 5.92 Å². The second-order valence-electron chi connectivity index (χ2n) is 7.69. The van der Waals surface area contributed by atoms with Crippen LogP contribution in [0, 0.1) is 12.8 Å². The van der Waals surface area contributed by atoms with Crippen LogP contribution in [0.5, 0.6) is 0 Å². The summed E-state index contributed by atoms with van der Waals surface area (Å²) in [7, 11) is 0. The smallest absolute Gasteiger partial charge is 0.270 e. The van der Waals surface area contributed by atoms with Gasteiger partial charge in [0.1, 0.15) is 5.69 Å². The first-order chi connectivity index (χ1) is 11.7. The number of hydrogen-bond donors (Lipinski definition) is 1. The Morgan fingerprint density at radius 1 is 1.38 bits per heavy atom. The molecule has 0 spiro atoms. The highest BCUT2D eigenvalue weighted by molar-refractivity contribution is 5.94. The monoisotopic (exact) mass is 326 g/mol. The minimum Gasteiger partial charge on any atom is -0.424 e. The summed E-state index contributed by atoms with van der Waals surface area (Å²) in [5, 5.41) is 8.69. The maximum atomic E-state index is 12.9. The Balaban J connectivity index is 1.45. The van der Waals surface area contributed by atoms with Crippen molar-refractivity contribution in [3.63, 3.8) is 0 Å². The molecule has 2 atom stereocenters. The van der Waals surface area contributed by atoms with Crippen molar-refractivity contribution in [3.05, 3.63) is 35.3 Å². The van der Waals surface area contributed by atoms with Gasteiger partial charge in [0.05, 0.1) is 5.41 Å². The SMILES string of the molecule is Cc1cc[nH]c1C(=O)N1C[C@@H]2CCC[C@]2(c2nnc(C3CC3)o2)C1. The summed E-state index contributed by atoms with van der Waals surface area (Å²) >= 11 is 0. The van der Waals surface area contributed by atoms with E-state index in [2.05, 4.69) is 15.2 Å². The molecule has 0 radical (unpaired) electrons. The summed E-state index contributed by atoms with van der Waals surface area (Å²) in [5.41, 5.74) is 1.57. The molecule has 1 N–H and O–H groups in total. The number of nitrogens with one attached hydrogen (secondary N) is 1. The van der Waals surface area contributed by atoms with E-state index < -0.39 is 0 Å². The van der Waals surface area contributed by atoms with Crippen LogP contribution in [-0.4, -0.2) is 39.1 Å². The number of likely N-dealkylation sites (tertiary alicyclic amines) is 1. The van der Waals surface area contributed by atoms with Gasteiger partial charge in [-0.2, -0.15) is 0 Å². The number of hydrogen-bond acceptors (Lipinski definition) is 4. The summed E-state index contributed by atoms with van der Waals surface area (Å²) in [5.74, 6) is 2.57. The van der Waals surface area contributed by atoms with E-state index in [1.54, 1.807) is 0 Å². The third-order valence-corrected chi connectivity index (χ3v) is 6.12. The lowest BCUT2D eigenvalue weighted by Gasteiger charge is -2.24. The van der Waals surface area contributed by atoms with Gasteiger partial charge in [0, 0.05) is 25.2 Å². The number of amides is 1. The second kappa shape index (κ2) is 4.94. The van der Waals surface area contributed by atoms with E-state index in [1.807, 2.05) is 24.1 Å². The Morgan fingerprint density at radius 2 is 2.25 bits per heavy atom. The van der Waals surface area contributed by atoms with Gasteiger partial charge in [0.2, 0.25) is 11.8 Å². The lowest BCUT2D eigenvalue weighted by molar-refractivity contribution is 0.0769. The number of rotatable bonds is 3. The molecule has 0 unspecified atom stereocenters. The average Bonchev–Trinajstić information content (AvgIpc) is 2.97. The Bertz CT molecular complexity index is 791. The van der Waals surface area contributed by atoms with Crippen molar-refractivity contribution in [1.82, 2.24) is 20.1 Å². The van der Waals surface area contributed by atoms with Gasteiger partial charge >= 0.3 is 0 Å². The van der Waals surface area contributed by atoms with E-state index in [0.29, 0.717) is 24.1 Å². The first-order valence-corrected chi connectivity index (χ1v) is 8.94. The number of nitrogens with zero attached hydrogens (tertiary/aromatic N) is 3. The molecule has 1 amide bonds. The maximum absolute atomic E-state index is 12.9. The topological polar surface area (TPSA) is 75.0 Å². The van der Waals surface area contributed by atoms with Gasteiger partial charge in [-0.05, 0) is 50.2 Å². The van der Waals surface area contributed by atoms with Crippen LogP contribution < -0.4 is 0 Å². The minimum absolute atomic E-state index is 0.0909. The Kier molecular flexibility index (Phi) is 2.94. The fraction of sp³-hybridized carbons (Fsp3) is 0.611. The molecule has 6 nitrogen and oxygen atoms in total. The molecule has 3 fully saturated rings. The zero-order valence-corrected chi connectivity index (χ0v) is 13.9. The molecular weight excluding hydrogens is 304 g/mol. The van der Waals surface area contributed by atoms with E-state index in [0.717, 1.165) is 49.6 Å². The normalized spacial score (nSPS) is 29.2. The van der Waals surface area contributed by atoms with Crippen LogP contribution in [0.1, 0.15) is 65.9 Å². The van der Waals surface area contributed by atoms with E-state index in [4.69, 9.17) is 4.42 Å². The molecule has 5 rings (SSSR count). The van der Waals surface area contributed by atoms with E-state index in [-0.39, 0.29) is 11.3 Å². The molecule has 1 saturated heterocycles. The predicted molar refractivity (Wildman–Crippen MR) is 86.7 cm³/mol. The van der Waals surface area contributed by atoms with Crippen LogP contribution in [-0.2, 0) is 5.41 Å². The highest BCUT2D eigenvalue weighted by Gasteiger charge is 2.55. The van der Waals surface area contributed by atoms with E-state index in [1.165, 1.54) is 6.42 Å². The van der Waals surface area contributed by atoms with Crippen molar-refractivity contribution >= 4 is 5.91 Å². The van der Waals surface area contributed by atoms with Gasteiger partial charge in [-0.3, -0.25) is 4.79 Å². The molecule has 0 aromatic carbocycles. The van der Waals surface area contributed by atoms with Gasteiger partial charge in [-0.25, -0.2) is 0 Å². The Hall–Kier alpha value is -2.11. The number of H-pyrrole nitrogens is 1. The van der Waals surface area contributed by atoms with Gasteiger partial charge in [-0.15, -0.1) is 10.2 Å². The predicted octanol–water partition coefficient (Wildman–Crippen LogP) is 2.78. The van der Waals surface area contributed by atoms with Crippen molar-refractivity contribution in [2.75, 3.05) is 13.1 Å². The summed E-state index contributed by atoms with van der Waals surface area (Å²) < 4.78 is 6.07. The first-order valence-electron chi connectivity index (χ1n) is 8.94. The molecule has 3 aliphatic rings. The van der Waals surface area contributed by atoms with Crippen molar-refractivity contribution in [3.8, 4) is 0 Å². The molecule has 3 heterocycles. The fourth-order valence-corrected chi connectivity index (χ4v) is 4.56. The number of aromatic amines is 1. The lowest BCUT2D eigenvalue weighted by atomic mass is 9.80. The number of fused-ring (bicyclic) bond motifs is 1. The molecule has 6 heteroatoms. The number of carbonyl (C=O) groups excluding carboxylic acids is 1. The zero-order valence-electron chi connectivity index (χ0n) is 13.9. The highest BCUT2D eigenvalue weighted by atomic mass is 16.4. The quantitative estimate of drug-likeness (QED) is 0.941. The van der Waals surface area contributed by atoms with Gasteiger partial charge in [-0.1, -0.05) is 6.42 Å². The van der Waals surface area contributed by atoms with E-state index in [9.17, 15) is 4.79 Å². The van der Waals surface area contributed by atoms with Crippen molar-refractivity contribution in [2.45, 2.75) is 50.4 Å². The average molecular weight is 326 g/mol. The Labute approximate surface area is 140 Å². The van der Waals surface area contributed by atoms with Crippen LogP contribution in [0.3, 0.4) is 0 Å². The Morgan fingerprint density at radius 3 is 3.00 bits per heavy atom. The number of aryl methyl sites for hydroxylation is 1. The van der Waals surface area contributed by atoms with Crippen LogP contribution in [0.4, 0.5) is 0 Å². The zero-order chi connectivity index (χ0) is 16.3. The van der Waals surface area contributed by atoms with Crippen LogP contribution in [0.2, 0.25) is 0 Å². The molecule has 2 saturated carbocycles. The van der Waals surface area contributed by atoms with Crippen molar-refractivity contribution < 1.29 is 9.21 Å². The lowest BCUT2D eigenvalue weighted by Crippen LogP contribution is -2.35. The molecule has 126 valence electrons. The number of carbonyl (C=O) groups is 1. The maximum Gasteiger partial charge on any atom is 0.270 e. The highest BCUT2D eigenvalue weighted by Crippen LogP contribution is 2.51. The van der Waals surface area contributed by atoms with Gasteiger partial charge in [0.15, 0.2) is 0 Å². The third kappa shape index (κ3) is 1.98. The number of aromatic nitrogens is 3. The van der Waals surface area contributed by atoms with Gasteiger partial charge in [0.25, 0.3) is 5.91 Å². The molecule has 1 aliphatic heterocycles. The van der Waals surface area contributed by atoms with Crippen molar-refractivity contribution in [1.29, 1.82) is 0 Å². The van der Waals surface area contributed by atoms with E-state index >= 15 is 0 Å². The molecule has 2 aromatic rings. The minimum atomic E-state index is -0.129. The largest absolute Gasteiger partial charge is 0.424 e. The molecule has 24 heavy (non-hydrogen) atoms. The third-order valence-electron chi connectivity index (χ3n) is 6.12.